The Labute approximate surface area is 223 Å². The van der Waals surface area contributed by atoms with Crippen molar-refractivity contribution in [3.05, 3.63) is 77.5 Å². The third-order valence-corrected chi connectivity index (χ3v) is 7.66. The molecule has 0 spiro atoms. The molecule has 198 valence electrons. The molecule has 2 fully saturated rings. The van der Waals surface area contributed by atoms with E-state index in [-0.39, 0.29) is 17.3 Å². The lowest BCUT2D eigenvalue weighted by Gasteiger charge is -2.36. The van der Waals surface area contributed by atoms with E-state index in [2.05, 4.69) is 9.88 Å². The average Bonchev–Trinajstić information content (AvgIpc) is 3.49. The number of nitrogen functional groups attached to an aromatic ring is 1. The molecular formula is C30H34N4O4. The van der Waals surface area contributed by atoms with Crippen LogP contribution in [0.3, 0.4) is 0 Å². The molecule has 3 N–H and O–H groups in total. The Morgan fingerprint density at radius 3 is 2.37 bits per heavy atom. The summed E-state index contributed by atoms with van der Waals surface area (Å²) in [6, 6.07) is 16.6. The van der Waals surface area contributed by atoms with Crippen LogP contribution < -0.4 is 10.5 Å². The highest BCUT2D eigenvalue weighted by atomic mass is 16.5. The Balaban J connectivity index is 1.24. The monoisotopic (exact) mass is 514 g/mol. The van der Waals surface area contributed by atoms with Gasteiger partial charge in [-0.15, -0.1) is 0 Å². The van der Waals surface area contributed by atoms with Gasteiger partial charge in [-0.2, -0.15) is 0 Å². The van der Waals surface area contributed by atoms with Gasteiger partial charge in [0.1, 0.15) is 6.10 Å². The van der Waals surface area contributed by atoms with Crippen LogP contribution in [0.25, 0.3) is 11.1 Å². The van der Waals surface area contributed by atoms with Crippen molar-refractivity contribution < 1.29 is 19.4 Å². The lowest BCUT2D eigenvalue weighted by atomic mass is 10.0. The molecule has 0 radical (unpaired) electrons. The highest BCUT2D eigenvalue weighted by Crippen LogP contribution is 2.31. The maximum Gasteiger partial charge on any atom is 0.335 e. The largest absolute Gasteiger partial charge is 0.482 e. The zero-order chi connectivity index (χ0) is 26.6. The third kappa shape index (κ3) is 5.65. The van der Waals surface area contributed by atoms with E-state index in [9.17, 15) is 14.7 Å². The first-order valence-electron chi connectivity index (χ1n) is 13.3. The number of rotatable bonds is 7. The Bertz CT molecular complexity index is 1300. The van der Waals surface area contributed by atoms with Crippen LogP contribution in [0.5, 0.6) is 5.75 Å². The number of hydrogen-bond acceptors (Lipinski definition) is 6. The molecule has 3 heterocycles. The Morgan fingerprint density at radius 2 is 1.68 bits per heavy atom. The number of carboxylic acid groups (broad SMARTS) is 1. The standard InChI is InChI=1S/C30H34N4O4/c1-20(23-5-4-6-24(17-23)30(36)37)38-27-18-25(19-32-28(27)31)21-7-9-22(10-8-21)29(35)34-15-11-26(12-16-34)33-13-2-3-14-33/h4-10,17-20,26H,2-3,11-16H2,1H3,(H2,31,32)(H,36,37). The number of benzene rings is 2. The molecule has 0 aliphatic carbocycles. The van der Waals surface area contributed by atoms with Crippen LogP contribution in [0.4, 0.5) is 5.82 Å². The fourth-order valence-corrected chi connectivity index (χ4v) is 5.42. The SMILES string of the molecule is CC(Oc1cc(-c2ccc(C(=O)N3CCC(N4CCCC4)CC3)cc2)cnc1N)c1cccc(C(=O)O)c1. The number of piperidine rings is 1. The number of anilines is 1. The van der Waals surface area contributed by atoms with Gasteiger partial charge in [-0.05, 0) is 87.2 Å². The van der Waals surface area contributed by atoms with Crippen molar-refractivity contribution >= 4 is 17.7 Å². The summed E-state index contributed by atoms with van der Waals surface area (Å²) < 4.78 is 6.07. The Morgan fingerprint density at radius 1 is 0.974 bits per heavy atom. The van der Waals surface area contributed by atoms with Gasteiger partial charge >= 0.3 is 5.97 Å². The average molecular weight is 515 g/mol. The van der Waals surface area contributed by atoms with Gasteiger partial charge in [0.2, 0.25) is 0 Å². The minimum absolute atomic E-state index is 0.0771. The number of ether oxygens (including phenoxy) is 1. The summed E-state index contributed by atoms with van der Waals surface area (Å²) in [5.74, 6) is -0.250. The molecule has 5 rings (SSSR count). The summed E-state index contributed by atoms with van der Waals surface area (Å²) in [5, 5.41) is 9.27. The number of carbonyl (C=O) groups is 2. The maximum absolute atomic E-state index is 13.1. The summed E-state index contributed by atoms with van der Waals surface area (Å²) in [6.45, 7) is 5.84. The molecule has 3 aromatic rings. The van der Waals surface area contributed by atoms with Gasteiger partial charge in [-0.1, -0.05) is 24.3 Å². The Kier molecular flexibility index (Phi) is 7.60. The Hall–Kier alpha value is -3.91. The maximum atomic E-state index is 13.1. The number of amides is 1. The summed E-state index contributed by atoms with van der Waals surface area (Å²) in [5.41, 5.74) is 9.39. The highest BCUT2D eigenvalue weighted by molar-refractivity contribution is 5.94. The van der Waals surface area contributed by atoms with E-state index in [4.69, 9.17) is 10.5 Å². The molecule has 1 aromatic heterocycles. The quantitative estimate of drug-likeness (QED) is 0.463. The molecule has 0 saturated carbocycles. The van der Waals surface area contributed by atoms with Gasteiger partial charge in [0.05, 0.1) is 5.56 Å². The van der Waals surface area contributed by atoms with E-state index >= 15 is 0 Å². The number of aromatic nitrogens is 1. The van der Waals surface area contributed by atoms with Crippen molar-refractivity contribution in [2.75, 3.05) is 31.9 Å². The second-order valence-corrected chi connectivity index (χ2v) is 10.1. The van der Waals surface area contributed by atoms with Crippen LogP contribution >= 0.6 is 0 Å². The van der Waals surface area contributed by atoms with Crippen molar-refractivity contribution in [2.24, 2.45) is 0 Å². The first kappa shape index (κ1) is 25.7. The smallest absolute Gasteiger partial charge is 0.335 e. The zero-order valence-electron chi connectivity index (χ0n) is 21.7. The predicted molar refractivity (Wildman–Crippen MR) is 146 cm³/mol. The van der Waals surface area contributed by atoms with Crippen LogP contribution in [0, 0.1) is 0 Å². The molecule has 8 nitrogen and oxygen atoms in total. The van der Waals surface area contributed by atoms with Crippen molar-refractivity contribution in [1.29, 1.82) is 0 Å². The summed E-state index contributed by atoms with van der Waals surface area (Å²) in [7, 11) is 0. The molecule has 2 aromatic carbocycles. The van der Waals surface area contributed by atoms with E-state index in [0.717, 1.165) is 42.6 Å². The summed E-state index contributed by atoms with van der Waals surface area (Å²) in [4.78, 5) is 33.3. The molecule has 2 aliphatic heterocycles. The number of hydrogen-bond donors (Lipinski definition) is 2. The van der Waals surface area contributed by atoms with Crippen molar-refractivity contribution in [2.45, 2.75) is 44.8 Å². The number of carbonyl (C=O) groups excluding carboxylic acids is 1. The lowest BCUT2D eigenvalue weighted by molar-refractivity contribution is 0.0643. The minimum atomic E-state index is -0.990. The topological polar surface area (TPSA) is 109 Å². The van der Waals surface area contributed by atoms with Crippen LogP contribution in [0.15, 0.2) is 60.8 Å². The van der Waals surface area contributed by atoms with Gasteiger partial charge in [0.25, 0.3) is 5.91 Å². The van der Waals surface area contributed by atoms with Gasteiger partial charge in [0.15, 0.2) is 11.6 Å². The molecule has 0 bridgehead atoms. The van der Waals surface area contributed by atoms with E-state index in [1.165, 1.54) is 25.9 Å². The zero-order valence-corrected chi connectivity index (χ0v) is 21.7. The molecule has 8 heteroatoms. The van der Waals surface area contributed by atoms with Gasteiger partial charge in [-0.25, -0.2) is 9.78 Å². The second-order valence-electron chi connectivity index (χ2n) is 10.1. The van der Waals surface area contributed by atoms with Crippen molar-refractivity contribution in [3.8, 4) is 16.9 Å². The lowest BCUT2D eigenvalue weighted by Crippen LogP contribution is -2.45. The first-order chi connectivity index (χ1) is 18.4. The molecule has 2 saturated heterocycles. The van der Waals surface area contributed by atoms with E-state index < -0.39 is 12.1 Å². The van der Waals surface area contributed by atoms with Crippen LogP contribution in [0.1, 0.15) is 65.0 Å². The molecule has 1 atom stereocenters. The second kappa shape index (κ2) is 11.2. The fraction of sp³-hybridized carbons (Fsp3) is 0.367. The third-order valence-electron chi connectivity index (χ3n) is 7.66. The van der Waals surface area contributed by atoms with Crippen molar-refractivity contribution in [3.63, 3.8) is 0 Å². The van der Waals surface area contributed by atoms with Crippen LogP contribution in [-0.2, 0) is 0 Å². The van der Waals surface area contributed by atoms with Crippen LogP contribution in [0.2, 0.25) is 0 Å². The molecule has 2 aliphatic rings. The highest BCUT2D eigenvalue weighted by Gasteiger charge is 2.28. The fourth-order valence-electron chi connectivity index (χ4n) is 5.42. The normalized spacial score (nSPS) is 17.3. The number of aromatic carboxylic acids is 1. The first-order valence-corrected chi connectivity index (χ1v) is 13.3. The van der Waals surface area contributed by atoms with Gasteiger partial charge in [-0.3, -0.25) is 4.79 Å². The van der Waals surface area contributed by atoms with Crippen LogP contribution in [-0.4, -0.2) is 64.0 Å². The summed E-state index contributed by atoms with van der Waals surface area (Å²) in [6.07, 6.45) is 5.93. The molecule has 38 heavy (non-hydrogen) atoms. The van der Waals surface area contributed by atoms with E-state index in [0.29, 0.717) is 17.4 Å². The number of pyridine rings is 1. The number of carboxylic acids is 1. The van der Waals surface area contributed by atoms with E-state index in [1.54, 1.807) is 24.4 Å². The van der Waals surface area contributed by atoms with Crippen molar-refractivity contribution in [1.82, 2.24) is 14.8 Å². The molecule has 1 unspecified atom stereocenters. The van der Waals surface area contributed by atoms with Gasteiger partial charge in [0, 0.05) is 36.5 Å². The van der Waals surface area contributed by atoms with Gasteiger partial charge < -0.3 is 25.4 Å². The minimum Gasteiger partial charge on any atom is -0.482 e. The predicted octanol–water partition coefficient (Wildman–Crippen LogP) is 4.87. The number of likely N-dealkylation sites (tertiary alicyclic amines) is 2. The number of nitrogens with zero attached hydrogens (tertiary/aromatic N) is 3. The molecular weight excluding hydrogens is 480 g/mol. The molecule has 1 amide bonds. The number of nitrogens with two attached hydrogens (primary N) is 1. The summed E-state index contributed by atoms with van der Waals surface area (Å²) >= 11 is 0. The van der Waals surface area contributed by atoms with E-state index in [1.807, 2.05) is 48.2 Å².